The molecule has 4 N–H and O–H groups in total. The number of aromatic nitrogens is 1. The number of fused-ring (bicyclic) bond motifs is 1. The predicted octanol–water partition coefficient (Wildman–Crippen LogP) is 4.58. The number of nitrogens with one attached hydrogen (secondary N) is 2. The molecule has 41 heavy (non-hydrogen) atoms. The zero-order valence-electron chi connectivity index (χ0n) is 22.5. The maximum atomic E-state index is 14.9. The highest BCUT2D eigenvalue weighted by Gasteiger charge is 2.31. The van der Waals surface area contributed by atoms with Crippen molar-refractivity contribution in [2.75, 3.05) is 50.5 Å². The molecule has 1 aromatic heterocycles. The van der Waals surface area contributed by atoms with E-state index in [0.29, 0.717) is 60.5 Å². The molecule has 2 aromatic carbocycles. The molecule has 2 heterocycles. The Kier molecular flexibility index (Phi) is 9.62. The summed E-state index contributed by atoms with van der Waals surface area (Å²) < 4.78 is 61.8. The van der Waals surface area contributed by atoms with Gasteiger partial charge in [0.05, 0.1) is 42.2 Å². The van der Waals surface area contributed by atoms with E-state index in [-0.39, 0.29) is 24.4 Å². The van der Waals surface area contributed by atoms with Crippen molar-refractivity contribution >= 4 is 28.2 Å². The third kappa shape index (κ3) is 7.62. The summed E-state index contributed by atoms with van der Waals surface area (Å²) in [6.45, 7) is 0.235. The number of β-amino-alcohol motifs (C(OH)–C–C–N with tert-alkyl or cyclic N) is 1. The number of rotatable bonds is 10. The van der Waals surface area contributed by atoms with Crippen molar-refractivity contribution in [3.05, 3.63) is 53.7 Å². The fourth-order valence-corrected chi connectivity index (χ4v) is 4.92. The van der Waals surface area contributed by atoms with Crippen molar-refractivity contribution in [1.29, 1.82) is 0 Å². The molecular weight excluding hydrogens is 544 g/mol. The van der Waals surface area contributed by atoms with Crippen LogP contribution >= 0.6 is 0 Å². The van der Waals surface area contributed by atoms with E-state index in [1.807, 2.05) is 4.90 Å². The van der Waals surface area contributed by atoms with Crippen LogP contribution in [-0.2, 0) is 6.54 Å². The molecule has 8 nitrogen and oxygen atoms in total. The molecule has 0 unspecified atom stereocenters. The number of aliphatic hydroxyl groups is 1. The summed E-state index contributed by atoms with van der Waals surface area (Å²) in [7, 11) is 1.42. The Morgan fingerprint density at radius 2 is 2.00 bits per heavy atom. The van der Waals surface area contributed by atoms with Gasteiger partial charge in [-0.2, -0.15) is 13.2 Å². The molecule has 0 spiro atoms. The SMILES string of the molecule is COc1cc(C(=O)O)ccc1NCCC#Cc1cc2c(N[C@@H]3CCN(CCO)C[C@@H]3F)cccc2n1CC(F)(F)F. The number of carboxylic acid groups (broad SMARTS) is 1. The van der Waals surface area contributed by atoms with Gasteiger partial charge in [0.15, 0.2) is 0 Å². The molecule has 0 saturated carbocycles. The quantitative estimate of drug-likeness (QED) is 0.159. The van der Waals surface area contributed by atoms with Crippen molar-refractivity contribution in [2.45, 2.75) is 37.8 Å². The van der Waals surface area contributed by atoms with Crippen LogP contribution in [0.15, 0.2) is 42.5 Å². The largest absolute Gasteiger partial charge is 0.495 e. The minimum atomic E-state index is -4.48. The molecule has 4 rings (SSSR count). The number of piperidine rings is 1. The summed E-state index contributed by atoms with van der Waals surface area (Å²) in [5.41, 5.74) is 1.70. The first-order valence-electron chi connectivity index (χ1n) is 13.2. The van der Waals surface area contributed by atoms with E-state index in [1.54, 1.807) is 30.3 Å². The van der Waals surface area contributed by atoms with Crippen LogP contribution in [0.4, 0.5) is 28.9 Å². The van der Waals surface area contributed by atoms with Crippen molar-refractivity contribution in [1.82, 2.24) is 9.47 Å². The second-order valence-electron chi connectivity index (χ2n) is 9.75. The van der Waals surface area contributed by atoms with Gasteiger partial charge in [-0.3, -0.25) is 4.90 Å². The van der Waals surface area contributed by atoms with Crippen LogP contribution in [0.1, 0.15) is 28.9 Å². The second-order valence-corrected chi connectivity index (χ2v) is 9.75. The van der Waals surface area contributed by atoms with Gasteiger partial charge in [-0.1, -0.05) is 12.0 Å². The van der Waals surface area contributed by atoms with Gasteiger partial charge in [0.25, 0.3) is 0 Å². The number of carbonyl (C=O) groups is 1. The van der Waals surface area contributed by atoms with Gasteiger partial charge < -0.3 is 30.2 Å². The van der Waals surface area contributed by atoms with Crippen LogP contribution in [0, 0.1) is 11.8 Å². The first-order valence-corrected chi connectivity index (χ1v) is 13.2. The number of aliphatic hydroxyl groups excluding tert-OH is 1. The van der Waals surface area contributed by atoms with E-state index in [9.17, 15) is 22.4 Å². The van der Waals surface area contributed by atoms with Gasteiger partial charge in [-0.15, -0.1) is 0 Å². The van der Waals surface area contributed by atoms with Crippen molar-refractivity contribution in [2.24, 2.45) is 0 Å². The van der Waals surface area contributed by atoms with Crippen molar-refractivity contribution in [3.8, 4) is 17.6 Å². The number of anilines is 2. The molecule has 0 bridgehead atoms. The maximum absolute atomic E-state index is 14.9. The van der Waals surface area contributed by atoms with Gasteiger partial charge in [0.2, 0.25) is 0 Å². The number of alkyl halides is 4. The Bertz CT molecular complexity index is 1430. The van der Waals surface area contributed by atoms with Gasteiger partial charge in [-0.05, 0) is 48.7 Å². The highest BCUT2D eigenvalue weighted by Crippen LogP contribution is 2.32. The third-order valence-electron chi connectivity index (χ3n) is 6.90. The van der Waals surface area contributed by atoms with Crippen molar-refractivity contribution in [3.63, 3.8) is 0 Å². The third-order valence-corrected chi connectivity index (χ3v) is 6.90. The van der Waals surface area contributed by atoms with Crippen LogP contribution in [0.25, 0.3) is 10.9 Å². The Balaban J connectivity index is 1.52. The molecular formula is C29H32F4N4O4. The minimum absolute atomic E-state index is 0.0508. The molecule has 1 aliphatic heterocycles. The highest BCUT2D eigenvalue weighted by atomic mass is 19.4. The summed E-state index contributed by atoms with van der Waals surface area (Å²) in [5, 5.41) is 25.1. The summed E-state index contributed by atoms with van der Waals surface area (Å²) in [4.78, 5) is 13.0. The van der Waals surface area contributed by atoms with E-state index >= 15 is 0 Å². The van der Waals surface area contributed by atoms with Crippen LogP contribution in [-0.4, -0.2) is 83.9 Å². The van der Waals surface area contributed by atoms with Crippen LogP contribution in [0.3, 0.4) is 0 Å². The molecule has 220 valence electrons. The van der Waals surface area contributed by atoms with E-state index in [4.69, 9.17) is 14.9 Å². The number of hydrogen-bond donors (Lipinski definition) is 4. The topological polar surface area (TPSA) is 99.0 Å². The smallest absolute Gasteiger partial charge is 0.406 e. The summed E-state index contributed by atoms with van der Waals surface area (Å²) >= 11 is 0. The van der Waals surface area contributed by atoms with Crippen molar-refractivity contribution < 1.29 is 37.3 Å². The predicted molar refractivity (Wildman–Crippen MR) is 148 cm³/mol. The molecule has 0 aliphatic carbocycles. The fourth-order valence-electron chi connectivity index (χ4n) is 4.92. The summed E-state index contributed by atoms with van der Waals surface area (Å²) in [6.07, 6.45) is -4.90. The van der Waals surface area contributed by atoms with Crippen LogP contribution < -0.4 is 15.4 Å². The Morgan fingerprint density at radius 1 is 1.20 bits per heavy atom. The number of halogens is 4. The lowest BCUT2D eigenvalue weighted by Crippen LogP contribution is -2.48. The molecule has 12 heteroatoms. The summed E-state index contributed by atoms with van der Waals surface area (Å²) in [6, 6.07) is 10.4. The molecule has 2 atom stereocenters. The lowest BCUT2D eigenvalue weighted by atomic mass is 10.0. The molecule has 0 amide bonds. The number of benzene rings is 2. The molecule has 3 aromatic rings. The molecule has 1 aliphatic rings. The number of methoxy groups -OCH3 is 1. The number of likely N-dealkylation sites (tertiary alicyclic amines) is 1. The Morgan fingerprint density at radius 3 is 2.68 bits per heavy atom. The number of hydrogen-bond acceptors (Lipinski definition) is 6. The monoisotopic (exact) mass is 576 g/mol. The fraction of sp³-hybridized carbons (Fsp3) is 0.414. The number of nitrogens with zero attached hydrogens (tertiary/aromatic N) is 2. The van der Waals surface area contributed by atoms with Crippen LogP contribution in [0.2, 0.25) is 0 Å². The zero-order chi connectivity index (χ0) is 29.6. The van der Waals surface area contributed by atoms with E-state index < -0.39 is 30.9 Å². The van der Waals surface area contributed by atoms with E-state index in [0.717, 1.165) is 4.57 Å². The van der Waals surface area contributed by atoms with Crippen LogP contribution in [0.5, 0.6) is 5.75 Å². The van der Waals surface area contributed by atoms with Gasteiger partial charge in [0.1, 0.15) is 18.5 Å². The van der Waals surface area contributed by atoms with E-state index in [1.165, 1.54) is 19.2 Å². The average Bonchev–Trinajstić information content (AvgIpc) is 3.26. The molecule has 0 radical (unpaired) electrons. The lowest BCUT2D eigenvalue weighted by molar-refractivity contribution is -0.140. The number of aromatic carboxylic acids is 1. The summed E-state index contributed by atoms with van der Waals surface area (Å²) in [5.74, 6) is 5.03. The first-order chi connectivity index (χ1) is 19.6. The normalized spacial score (nSPS) is 17.6. The zero-order valence-corrected chi connectivity index (χ0v) is 22.5. The standard InChI is InChI=1S/C29H32F4N4O4/c1-41-27-15-19(28(39)40)8-9-25(27)34-11-3-2-5-20-16-21-23(6-4-7-26(21)37(20)18-29(31,32)33)35-24-10-12-36(13-14-38)17-22(24)30/h4,6-9,15-16,22,24,34-35,38H,3,10-14,17-18H2,1H3,(H,39,40)/t22-,24+/m0/s1. The average molecular weight is 577 g/mol. The Hall–Kier alpha value is -3.95. The van der Waals surface area contributed by atoms with Gasteiger partial charge in [0, 0.05) is 43.7 Å². The molecule has 1 saturated heterocycles. The molecule has 1 fully saturated rings. The van der Waals surface area contributed by atoms with Gasteiger partial charge >= 0.3 is 12.1 Å². The minimum Gasteiger partial charge on any atom is -0.495 e. The number of ether oxygens (including phenoxy) is 1. The lowest BCUT2D eigenvalue weighted by Gasteiger charge is -2.35. The Labute approximate surface area is 234 Å². The van der Waals surface area contributed by atoms with E-state index in [2.05, 4.69) is 22.5 Å². The van der Waals surface area contributed by atoms with Gasteiger partial charge in [-0.25, -0.2) is 9.18 Å². The number of carboxylic acids is 1. The highest BCUT2D eigenvalue weighted by molar-refractivity contribution is 5.94. The first kappa shape index (κ1) is 30.0. The maximum Gasteiger partial charge on any atom is 0.406 e. The second kappa shape index (κ2) is 13.1.